The van der Waals surface area contributed by atoms with Crippen molar-refractivity contribution < 1.29 is 78.9 Å². The number of hydrogen-bond donors (Lipinski definition) is 2. The van der Waals surface area contributed by atoms with Crippen molar-refractivity contribution in [2.75, 3.05) is 5.32 Å². The van der Waals surface area contributed by atoms with Gasteiger partial charge in [-0.15, -0.1) is 0 Å². The minimum atomic E-state index is -1.41. The number of aryl methyl sites for hydroxylation is 1. The predicted octanol–water partition coefficient (Wildman–Crippen LogP) is -3.56. The van der Waals surface area contributed by atoms with Crippen molar-refractivity contribution in [3.63, 3.8) is 0 Å². The van der Waals surface area contributed by atoms with Gasteiger partial charge in [0.05, 0.1) is 6.04 Å². The summed E-state index contributed by atoms with van der Waals surface area (Å²) in [6, 6.07) is 10.9. The third kappa shape index (κ3) is 7.50. The number of pyridine rings is 1. The molecule has 0 unspecified atom stereocenters. The molecule has 3 aromatic rings. The molecule has 0 saturated carbocycles. The summed E-state index contributed by atoms with van der Waals surface area (Å²) >= 11 is 12.5. The number of carbonyl (C=O) groups is 2. The molecule has 2 N–H and O–H groups in total. The number of halogens is 2. The third-order valence-electron chi connectivity index (χ3n) is 4.69. The number of carbonyl (C=O) groups excluding carboxylic acids is 2. The minimum absolute atomic E-state index is 0. The minimum Gasteiger partial charge on any atom is -0.871 e. The topological polar surface area (TPSA) is 126 Å². The Morgan fingerprint density at radius 1 is 1.06 bits per heavy atom. The van der Waals surface area contributed by atoms with Crippen molar-refractivity contribution in [2.45, 2.75) is 12.5 Å². The molecule has 1 aromatic heterocycles. The molecule has 0 aliphatic heterocycles. The Kier molecular flexibility index (Phi) is 12.2. The largest absolute Gasteiger partial charge is 1.00 e. The van der Waals surface area contributed by atoms with Gasteiger partial charge in [-0.1, -0.05) is 59.3 Å². The number of urea groups is 1. The molecule has 166 valence electrons. The maximum atomic E-state index is 12.5. The van der Waals surface area contributed by atoms with Crippen LogP contribution in [0.4, 0.5) is 10.5 Å². The van der Waals surface area contributed by atoms with Gasteiger partial charge >= 0.3 is 65.1 Å². The summed E-state index contributed by atoms with van der Waals surface area (Å²) in [6.07, 6.45) is 0.724. The van der Waals surface area contributed by atoms with Gasteiger partial charge in [0.2, 0.25) is 0 Å². The fraction of sp³-hybridized carbons (Fsp3) is 0.136. The van der Waals surface area contributed by atoms with Crippen LogP contribution in [0.1, 0.15) is 18.0 Å². The Bertz CT molecular complexity index is 1230. The summed E-state index contributed by atoms with van der Waals surface area (Å²) in [5, 5.41) is 28.7. The van der Waals surface area contributed by atoms with Crippen LogP contribution >= 0.6 is 23.2 Å². The van der Waals surface area contributed by atoms with Gasteiger partial charge in [-0.25, -0.2) is 4.79 Å². The van der Waals surface area contributed by atoms with Gasteiger partial charge in [0.1, 0.15) is 5.69 Å². The first kappa shape index (κ1) is 30.5. The molecule has 0 fully saturated rings. The van der Waals surface area contributed by atoms with Crippen molar-refractivity contribution in [3.05, 3.63) is 80.7 Å². The normalized spacial score (nSPS) is 10.9. The molecule has 2 aromatic carbocycles. The zero-order valence-electron chi connectivity index (χ0n) is 18.7. The van der Waals surface area contributed by atoms with E-state index >= 15 is 0 Å². The first-order valence-electron chi connectivity index (χ1n) is 9.35. The van der Waals surface area contributed by atoms with E-state index in [1.807, 2.05) is 0 Å². The molecule has 0 aliphatic carbocycles. The standard InChI is InChI=1S/C22H19Cl2N3O5.2Na/c1-27-9-8-17(28)20(21(27)31)26-22(32)25-16(11-18(29)30)12-4-2-5-13(10-12)19-14(23)6-3-7-15(19)24;;/h2-10,16,28H,11H2,1H3,(H,29,30)(H2,25,26,32);;/q;2*+1/p-2/t16-;;/m0../s1. The number of nitrogens with zero attached hydrogens (tertiary/aromatic N) is 1. The fourth-order valence-electron chi connectivity index (χ4n) is 3.14. The molecule has 1 atom stereocenters. The van der Waals surface area contributed by atoms with E-state index in [-0.39, 0.29) is 59.1 Å². The summed E-state index contributed by atoms with van der Waals surface area (Å²) in [7, 11) is 1.43. The van der Waals surface area contributed by atoms with E-state index in [4.69, 9.17) is 23.2 Å². The van der Waals surface area contributed by atoms with Crippen molar-refractivity contribution in [1.82, 2.24) is 9.88 Å². The molecule has 0 spiro atoms. The Morgan fingerprint density at radius 2 is 1.68 bits per heavy atom. The molecule has 0 aliphatic rings. The third-order valence-corrected chi connectivity index (χ3v) is 5.32. The second-order valence-corrected chi connectivity index (χ2v) is 7.73. The maximum Gasteiger partial charge on any atom is 1.00 e. The second-order valence-electron chi connectivity index (χ2n) is 6.92. The SMILES string of the molecule is Cn1ccc([O-])c(NC(=O)N[C@@H](CC(=O)[O-])c2cccc(-c3c(Cl)cccc3Cl)c2)c1=O.[Na+].[Na+]. The molecule has 0 bridgehead atoms. The molecule has 12 heteroatoms. The Balaban J connectivity index is 0.00000289. The summed E-state index contributed by atoms with van der Waals surface area (Å²) < 4.78 is 1.13. The van der Waals surface area contributed by atoms with Gasteiger partial charge in [0.25, 0.3) is 5.56 Å². The molecule has 2 amide bonds. The first-order valence-corrected chi connectivity index (χ1v) is 10.1. The number of anilines is 1. The number of benzene rings is 2. The summed E-state index contributed by atoms with van der Waals surface area (Å²) in [6.45, 7) is 0. The van der Waals surface area contributed by atoms with Gasteiger partial charge in [-0.2, -0.15) is 0 Å². The number of aromatic nitrogens is 1. The number of nitrogens with one attached hydrogen (secondary N) is 2. The zero-order chi connectivity index (χ0) is 23.4. The molecular weight excluding hydrogens is 503 g/mol. The van der Waals surface area contributed by atoms with Gasteiger partial charge in [0.15, 0.2) is 0 Å². The molecule has 1 heterocycles. The quantitative estimate of drug-likeness (QED) is 0.326. The van der Waals surface area contributed by atoms with Gasteiger partial charge in [-0.05, 0) is 29.3 Å². The number of aliphatic carboxylic acids is 1. The van der Waals surface area contributed by atoms with E-state index in [1.165, 1.54) is 13.2 Å². The molecule has 8 nitrogen and oxygen atoms in total. The van der Waals surface area contributed by atoms with Crippen LogP contribution in [0, 0.1) is 0 Å². The van der Waals surface area contributed by atoms with E-state index < -0.39 is 41.5 Å². The van der Waals surface area contributed by atoms with Crippen LogP contribution in [-0.4, -0.2) is 16.6 Å². The van der Waals surface area contributed by atoms with Crippen LogP contribution in [0.2, 0.25) is 10.0 Å². The van der Waals surface area contributed by atoms with E-state index in [0.29, 0.717) is 26.7 Å². The van der Waals surface area contributed by atoms with Crippen LogP contribution in [0.3, 0.4) is 0 Å². The van der Waals surface area contributed by atoms with E-state index in [1.54, 1.807) is 42.5 Å². The summed E-state index contributed by atoms with van der Waals surface area (Å²) in [4.78, 5) is 35.9. The molecule has 34 heavy (non-hydrogen) atoms. The smallest absolute Gasteiger partial charge is 0.871 e. The van der Waals surface area contributed by atoms with Crippen molar-refractivity contribution >= 4 is 40.9 Å². The average Bonchev–Trinajstić information content (AvgIpc) is 2.73. The Hall–Kier alpha value is -1.49. The number of carboxylic acid groups (broad SMARTS) is 1. The van der Waals surface area contributed by atoms with Crippen LogP contribution in [0.5, 0.6) is 5.75 Å². The molecule has 0 radical (unpaired) electrons. The summed E-state index contributed by atoms with van der Waals surface area (Å²) in [5.74, 6) is -2.08. The van der Waals surface area contributed by atoms with Crippen LogP contribution in [0.25, 0.3) is 11.1 Å². The molecule has 0 saturated heterocycles. The van der Waals surface area contributed by atoms with Gasteiger partial charge in [-0.3, -0.25) is 4.79 Å². The zero-order valence-corrected chi connectivity index (χ0v) is 24.2. The van der Waals surface area contributed by atoms with E-state index in [0.717, 1.165) is 10.6 Å². The number of amides is 2. The number of hydrogen-bond acceptors (Lipinski definition) is 5. The second kappa shape index (κ2) is 13.6. The van der Waals surface area contributed by atoms with Crippen LogP contribution < -0.4 is 85.5 Å². The van der Waals surface area contributed by atoms with Crippen molar-refractivity contribution in [3.8, 4) is 16.9 Å². The van der Waals surface area contributed by atoms with Gasteiger partial charge < -0.3 is 30.2 Å². The fourth-order valence-corrected chi connectivity index (χ4v) is 3.75. The van der Waals surface area contributed by atoms with E-state index in [2.05, 4.69) is 10.6 Å². The predicted molar refractivity (Wildman–Crippen MR) is 118 cm³/mol. The van der Waals surface area contributed by atoms with Gasteiger partial charge in [0, 0.05) is 41.2 Å². The van der Waals surface area contributed by atoms with E-state index in [9.17, 15) is 24.6 Å². The Morgan fingerprint density at radius 3 is 2.29 bits per heavy atom. The number of carboxylic acids is 1. The first-order chi connectivity index (χ1) is 15.2. The van der Waals surface area contributed by atoms with Crippen molar-refractivity contribution in [1.29, 1.82) is 0 Å². The monoisotopic (exact) mass is 519 g/mol. The maximum absolute atomic E-state index is 12.5. The van der Waals surface area contributed by atoms with Crippen molar-refractivity contribution in [2.24, 2.45) is 7.05 Å². The number of rotatable bonds is 6. The molecular formula is C22H17Cl2N3Na2O5. The van der Waals surface area contributed by atoms with Crippen LogP contribution in [-0.2, 0) is 11.8 Å². The summed E-state index contributed by atoms with van der Waals surface area (Å²) in [5.41, 5.74) is 0.456. The molecule has 3 rings (SSSR count). The van der Waals surface area contributed by atoms with Crippen LogP contribution in [0.15, 0.2) is 59.5 Å². The average molecular weight is 520 g/mol. The Labute approximate surface area is 249 Å².